The van der Waals surface area contributed by atoms with Gasteiger partial charge in [0.1, 0.15) is 5.75 Å². The van der Waals surface area contributed by atoms with Crippen LogP contribution in [-0.2, 0) is 4.79 Å². The molecule has 1 atom stereocenters. The van der Waals surface area contributed by atoms with E-state index >= 15 is 0 Å². The molecule has 0 spiro atoms. The molecule has 1 N–H and O–H groups in total. The largest absolute Gasteiger partial charge is 0.494 e. The highest BCUT2D eigenvalue weighted by atomic mass is 16.5. The minimum atomic E-state index is -0.143. The van der Waals surface area contributed by atoms with Crippen molar-refractivity contribution < 1.29 is 9.53 Å². The molecule has 1 amide bonds. The number of nitrogens with zero attached hydrogens (tertiary/aromatic N) is 2. The van der Waals surface area contributed by atoms with Gasteiger partial charge < -0.3 is 19.9 Å². The van der Waals surface area contributed by atoms with Crippen LogP contribution < -0.4 is 15.0 Å². The molecule has 1 unspecified atom stereocenters. The number of benzene rings is 2. The summed E-state index contributed by atoms with van der Waals surface area (Å²) in [5.74, 6) is 0.689. The van der Waals surface area contributed by atoms with Gasteiger partial charge in [0.2, 0.25) is 5.91 Å². The number of hydrogen-bond acceptors (Lipinski definition) is 4. The quantitative estimate of drug-likeness (QED) is 0.742. The molecule has 1 aliphatic heterocycles. The molecule has 3 rings (SSSR count). The first kappa shape index (κ1) is 20.0. The number of ether oxygens (including phenoxy) is 1. The average Bonchev–Trinajstić information content (AvgIpc) is 3.19. The Hall–Kier alpha value is -2.79. The molecule has 0 aromatic heterocycles. The van der Waals surface area contributed by atoms with E-state index in [-0.39, 0.29) is 5.91 Å². The highest BCUT2D eigenvalue weighted by Crippen LogP contribution is 2.23. The molecular weight excluding hydrogens is 350 g/mol. The van der Waals surface area contributed by atoms with Crippen LogP contribution in [0.1, 0.15) is 18.9 Å². The second-order valence-corrected chi connectivity index (χ2v) is 7.22. The average molecular weight is 380 g/mol. The molecule has 0 bridgehead atoms. The molecule has 2 aromatic carbocycles. The first-order valence-electron chi connectivity index (χ1n) is 9.78. The third kappa shape index (κ3) is 5.36. The summed E-state index contributed by atoms with van der Waals surface area (Å²) < 4.78 is 5.42. The molecule has 0 aliphatic carbocycles. The zero-order valence-corrected chi connectivity index (χ0v) is 16.9. The summed E-state index contributed by atoms with van der Waals surface area (Å²) in [7, 11) is 4.27. The maximum absolute atomic E-state index is 12.2. The zero-order valence-electron chi connectivity index (χ0n) is 16.9. The second-order valence-electron chi connectivity index (χ2n) is 7.22. The Labute approximate surface area is 167 Å². The van der Waals surface area contributed by atoms with Crippen molar-refractivity contribution in [2.75, 3.05) is 44.0 Å². The van der Waals surface area contributed by atoms with Crippen LogP contribution in [0.5, 0.6) is 5.75 Å². The van der Waals surface area contributed by atoms with Gasteiger partial charge in [0.15, 0.2) is 0 Å². The number of rotatable bonds is 7. The summed E-state index contributed by atoms with van der Waals surface area (Å²) in [4.78, 5) is 16.8. The molecule has 28 heavy (non-hydrogen) atoms. The number of anilines is 2. The van der Waals surface area contributed by atoms with Crippen molar-refractivity contribution in [2.45, 2.75) is 19.4 Å². The molecule has 0 radical (unpaired) electrons. The normalized spacial score (nSPS) is 16.7. The SMILES string of the molecule is CCOc1ccc(C=CC(=O)Nc2ccc(N3CCC(N(C)C)C3)cc2)cc1. The predicted molar refractivity (Wildman–Crippen MR) is 116 cm³/mol. The summed E-state index contributed by atoms with van der Waals surface area (Å²) in [5, 5.41) is 2.91. The topological polar surface area (TPSA) is 44.8 Å². The van der Waals surface area contributed by atoms with E-state index in [1.807, 2.05) is 43.3 Å². The van der Waals surface area contributed by atoms with Crippen LogP contribution in [0.3, 0.4) is 0 Å². The molecular formula is C23H29N3O2. The standard InChI is InChI=1S/C23H29N3O2/c1-4-28-22-12-5-18(6-13-22)7-14-23(27)24-19-8-10-20(11-9-19)26-16-15-21(17-26)25(2)3/h5-14,21H,4,15-17H2,1-3H3,(H,24,27). The van der Waals surface area contributed by atoms with Gasteiger partial charge in [0.25, 0.3) is 0 Å². The Morgan fingerprint density at radius 2 is 1.89 bits per heavy atom. The Balaban J connectivity index is 1.53. The van der Waals surface area contributed by atoms with Gasteiger partial charge in [-0.15, -0.1) is 0 Å². The van der Waals surface area contributed by atoms with Crippen LogP contribution in [0.25, 0.3) is 6.08 Å². The number of carbonyl (C=O) groups is 1. The lowest BCUT2D eigenvalue weighted by atomic mass is 10.2. The minimum absolute atomic E-state index is 0.143. The van der Waals surface area contributed by atoms with Crippen molar-refractivity contribution in [3.05, 3.63) is 60.2 Å². The van der Waals surface area contributed by atoms with Gasteiger partial charge in [-0.1, -0.05) is 12.1 Å². The van der Waals surface area contributed by atoms with Crippen molar-refractivity contribution in [1.29, 1.82) is 0 Å². The van der Waals surface area contributed by atoms with E-state index in [2.05, 4.69) is 41.3 Å². The number of amides is 1. The van der Waals surface area contributed by atoms with Gasteiger partial charge >= 0.3 is 0 Å². The third-order valence-corrected chi connectivity index (χ3v) is 5.01. The second kappa shape index (κ2) is 9.42. The van der Waals surface area contributed by atoms with E-state index in [1.165, 1.54) is 12.1 Å². The van der Waals surface area contributed by atoms with E-state index < -0.39 is 0 Å². The maximum Gasteiger partial charge on any atom is 0.248 e. The molecule has 5 heteroatoms. The Bertz CT molecular complexity index is 798. The molecule has 0 saturated carbocycles. The number of hydrogen-bond donors (Lipinski definition) is 1. The fourth-order valence-corrected chi connectivity index (χ4v) is 3.35. The van der Waals surface area contributed by atoms with Gasteiger partial charge in [-0.05, 0) is 75.5 Å². The first-order chi connectivity index (χ1) is 13.5. The molecule has 2 aromatic rings. The lowest BCUT2D eigenvalue weighted by molar-refractivity contribution is -0.111. The lowest BCUT2D eigenvalue weighted by Gasteiger charge is -2.22. The summed E-state index contributed by atoms with van der Waals surface area (Å²) in [5.41, 5.74) is 2.96. The minimum Gasteiger partial charge on any atom is -0.494 e. The van der Waals surface area contributed by atoms with Gasteiger partial charge in [0.05, 0.1) is 6.61 Å². The number of likely N-dealkylation sites (N-methyl/N-ethyl adjacent to an activating group) is 1. The molecule has 1 fully saturated rings. The van der Waals surface area contributed by atoms with Gasteiger partial charge in [-0.3, -0.25) is 4.79 Å². The van der Waals surface area contributed by atoms with E-state index in [0.717, 1.165) is 30.1 Å². The van der Waals surface area contributed by atoms with Crippen LogP contribution in [0, 0.1) is 0 Å². The monoisotopic (exact) mass is 379 g/mol. The molecule has 148 valence electrons. The molecule has 1 saturated heterocycles. The van der Waals surface area contributed by atoms with Crippen LogP contribution in [0.4, 0.5) is 11.4 Å². The molecule has 1 aliphatic rings. The summed E-state index contributed by atoms with van der Waals surface area (Å²) in [6.07, 6.45) is 4.53. The Morgan fingerprint density at radius 1 is 1.18 bits per heavy atom. The number of nitrogens with one attached hydrogen (secondary N) is 1. The van der Waals surface area contributed by atoms with Crippen molar-refractivity contribution in [3.8, 4) is 5.75 Å². The molecule has 1 heterocycles. The van der Waals surface area contributed by atoms with Crippen molar-refractivity contribution >= 4 is 23.4 Å². The van der Waals surface area contributed by atoms with Crippen LogP contribution in [0.15, 0.2) is 54.6 Å². The smallest absolute Gasteiger partial charge is 0.248 e. The molecule has 5 nitrogen and oxygen atoms in total. The fraction of sp³-hybridized carbons (Fsp3) is 0.348. The van der Waals surface area contributed by atoms with Gasteiger partial charge in [0, 0.05) is 36.6 Å². The Morgan fingerprint density at radius 3 is 2.50 bits per heavy atom. The highest BCUT2D eigenvalue weighted by molar-refractivity contribution is 6.02. The number of carbonyl (C=O) groups excluding carboxylic acids is 1. The highest BCUT2D eigenvalue weighted by Gasteiger charge is 2.23. The lowest BCUT2D eigenvalue weighted by Crippen LogP contribution is -2.31. The zero-order chi connectivity index (χ0) is 19.9. The fourth-order valence-electron chi connectivity index (χ4n) is 3.35. The summed E-state index contributed by atoms with van der Waals surface area (Å²) >= 11 is 0. The Kier molecular flexibility index (Phi) is 6.71. The van der Waals surface area contributed by atoms with Gasteiger partial charge in [-0.2, -0.15) is 0 Å². The van der Waals surface area contributed by atoms with E-state index in [0.29, 0.717) is 12.6 Å². The van der Waals surface area contributed by atoms with Crippen LogP contribution in [-0.4, -0.2) is 50.6 Å². The van der Waals surface area contributed by atoms with E-state index in [1.54, 1.807) is 12.2 Å². The summed E-state index contributed by atoms with van der Waals surface area (Å²) in [6, 6.07) is 16.3. The maximum atomic E-state index is 12.2. The summed E-state index contributed by atoms with van der Waals surface area (Å²) in [6.45, 7) is 4.71. The van der Waals surface area contributed by atoms with Crippen LogP contribution >= 0.6 is 0 Å². The van der Waals surface area contributed by atoms with E-state index in [9.17, 15) is 4.79 Å². The predicted octanol–water partition coefficient (Wildman–Crippen LogP) is 3.88. The van der Waals surface area contributed by atoms with E-state index in [4.69, 9.17) is 4.74 Å². The first-order valence-corrected chi connectivity index (χ1v) is 9.78. The van der Waals surface area contributed by atoms with Crippen molar-refractivity contribution in [3.63, 3.8) is 0 Å². The van der Waals surface area contributed by atoms with Crippen molar-refractivity contribution in [2.24, 2.45) is 0 Å². The van der Waals surface area contributed by atoms with Gasteiger partial charge in [-0.25, -0.2) is 0 Å². The van der Waals surface area contributed by atoms with Crippen LogP contribution in [0.2, 0.25) is 0 Å². The van der Waals surface area contributed by atoms with Crippen molar-refractivity contribution in [1.82, 2.24) is 4.90 Å². The third-order valence-electron chi connectivity index (χ3n) is 5.01.